The number of amides is 1. The predicted molar refractivity (Wildman–Crippen MR) is 73.8 cm³/mol. The molecule has 98 valence electrons. The fourth-order valence-corrected chi connectivity index (χ4v) is 2.51. The van der Waals surface area contributed by atoms with Crippen LogP contribution in [-0.2, 0) is 11.3 Å². The van der Waals surface area contributed by atoms with E-state index in [-0.39, 0.29) is 42.7 Å². The molecule has 1 saturated carbocycles. The van der Waals surface area contributed by atoms with E-state index in [0.717, 1.165) is 25.0 Å². The summed E-state index contributed by atoms with van der Waals surface area (Å²) < 4.78 is 0. The molecule has 0 saturated heterocycles. The smallest absolute Gasteiger partial charge is 0.224 e. The van der Waals surface area contributed by atoms with Crippen molar-refractivity contribution in [3.63, 3.8) is 0 Å². The molecule has 0 bridgehead atoms. The summed E-state index contributed by atoms with van der Waals surface area (Å²) in [6.07, 6.45) is 2.95. The third-order valence-corrected chi connectivity index (χ3v) is 3.47. The monoisotopic (exact) mass is 297 g/mol. The maximum absolute atomic E-state index is 11.7. The van der Waals surface area contributed by atoms with E-state index >= 15 is 0 Å². The molecule has 2 unspecified atom stereocenters. The summed E-state index contributed by atoms with van der Waals surface area (Å²) in [7, 11) is 0. The maximum atomic E-state index is 11.7. The summed E-state index contributed by atoms with van der Waals surface area (Å²) in [5, 5.41) is 4.82. The summed E-state index contributed by atoms with van der Waals surface area (Å²) in [6, 6.07) is 0.0421. The van der Waals surface area contributed by atoms with Crippen molar-refractivity contribution in [3.8, 4) is 0 Å². The summed E-state index contributed by atoms with van der Waals surface area (Å²) in [5.74, 6) is 0.0802. The van der Waals surface area contributed by atoms with Crippen LogP contribution in [0.25, 0.3) is 0 Å². The van der Waals surface area contributed by atoms with Crippen molar-refractivity contribution in [2.75, 3.05) is 0 Å². The minimum Gasteiger partial charge on any atom is -0.350 e. The number of nitrogens with zero attached hydrogens (tertiary/aromatic N) is 1. The lowest BCUT2D eigenvalue weighted by atomic mass is 10.0. The minimum absolute atomic E-state index is 0. The van der Waals surface area contributed by atoms with Gasteiger partial charge < -0.3 is 11.1 Å². The Balaban J connectivity index is 0.00000128. The van der Waals surface area contributed by atoms with Crippen LogP contribution in [0.4, 0.5) is 0 Å². The lowest BCUT2D eigenvalue weighted by molar-refractivity contribution is -0.125. The molecular formula is C10H17Cl2N3OS. The van der Waals surface area contributed by atoms with Crippen LogP contribution < -0.4 is 11.1 Å². The molecule has 2 atom stereocenters. The molecule has 1 aromatic rings. The molecule has 4 nitrogen and oxygen atoms in total. The molecule has 0 radical (unpaired) electrons. The lowest BCUT2D eigenvalue weighted by Gasteiger charge is -2.14. The standard InChI is InChI=1S/C10H15N3OS.2ClH/c11-9-3-1-2-8(9)10(14)12-4-7-5-15-6-13-7;;/h5-6,8-9H,1-4,11H2,(H,12,14);2*1H. The number of rotatable bonds is 3. The average molecular weight is 298 g/mol. The van der Waals surface area contributed by atoms with Crippen molar-refractivity contribution < 1.29 is 4.79 Å². The van der Waals surface area contributed by atoms with Gasteiger partial charge in [-0.2, -0.15) is 0 Å². The highest BCUT2D eigenvalue weighted by molar-refractivity contribution is 7.07. The third-order valence-electron chi connectivity index (χ3n) is 2.83. The number of nitrogens with two attached hydrogens (primary N) is 1. The van der Waals surface area contributed by atoms with Gasteiger partial charge >= 0.3 is 0 Å². The molecule has 1 aromatic heterocycles. The van der Waals surface area contributed by atoms with Gasteiger partial charge in [-0.15, -0.1) is 36.2 Å². The molecule has 7 heteroatoms. The summed E-state index contributed by atoms with van der Waals surface area (Å²) >= 11 is 1.54. The van der Waals surface area contributed by atoms with E-state index in [1.165, 1.54) is 11.3 Å². The number of thiazole rings is 1. The van der Waals surface area contributed by atoms with Gasteiger partial charge in [-0.1, -0.05) is 6.42 Å². The average Bonchev–Trinajstić information content (AvgIpc) is 2.84. The first kappa shape index (κ1) is 16.6. The highest BCUT2D eigenvalue weighted by Gasteiger charge is 2.29. The van der Waals surface area contributed by atoms with Crippen LogP contribution in [0.1, 0.15) is 25.0 Å². The molecule has 1 fully saturated rings. The van der Waals surface area contributed by atoms with E-state index < -0.39 is 0 Å². The highest BCUT2D eigenvalue weighted by atomic mass is 35.5. The number of halogens is 2. The van der Waals surface area contributed by atoms with Crippen molar-refractivity contribution in [3.05, 3.63) is 16.6 Å². The van der Waals surface area contributed by atoms with Crippen LogP contribution in [-0.4, -0.2) is 16.9 Å². The van der Waals surface area contributed by atoms with Gasteiger partial charge in [0.15, 0.2) is 0 Å². The Labute approximate surface area is 117 Å². The summed E-state index contributed by atoms with van der Waals surface area (Å²) in [5.41, 5.74) is 8.54. The molecule has 1 amide bonds. The van der Waals surface area contributed by atoms with Gasteiger partial charge in [-0.05, 0) is 12.8 Å². The molecule has 1 heterocycles. The minimum atomic E-state index is 0. The van der Waals surface area contributed by atoms with Crippen molar-refractivity contribution in [1.29, 1.82) is 0 Å². The van der Waals surface area contributed by atoms with E-state index in [0.29, 0.717) is 6.54 Å². The molecule has 0 aromatic carbocycles. The number of carbonyl (C=O) groups excluding carboxylic acids is 1. The largest absolute Gasteiger partial charge is 0.350 e. The van der Waals surface area contributed by atoms with E-state index in [2.05, 4.69) is 10.3 Å². The first-order chi connectivity index (χ1) is 7.27. The lowest BCUT2D eigenvalue weighted by Crippen LogP contribution is -2.38. The molecule has 1 aliphatic rings. The highest BCUT2D eigenvalue weighted by Crippen LogP contribution is 2.23. The number of hydrogen-bond donors (Lipinski definition) is 2. The van der Waals surface area contributed by atoms with Crippen molar-refractivity contribution in [2.24, 2.45) is 11.7 Å². The van der Waals surface area contributed by atoms with Gasteiger partial charge in [0.1, 0.15) is 0 Å². The van der Waals surface area contributed by atoms with Gasteiger partial charge in [0.05, 0.1) is 23.7 Å². The molecule has 1 aliphatic carbocycles. The van der Waals surface area contributed by atoms with Crippen molar-refractivity contribution in [2.45, 2.75) is 31.8 Å². The quantitative estimate of drug-likeness (QED) is 0.893. The zero-order chi connectivity index (χ0) is 10.7. The van der Waals surface area contributed by atoms with E-state index in [1.54, 1.807) is 5.51 Å². The molecule has 0 aliphatic heterocycles. The maximum Gasteiger partial charge on any atom is 0.224 e. The fraction of sp³-hybridized carbons (Fsp3) is 0.600. The van der Waals surface area contributed by atoms with Gasteiger partial charge in [0.25, 0.3) is 0 Å². The van der Waals surface area contributed by atoms with E-state index in [4.69, 9.17) is 5.73 Å². The van der Waals surface area contributed by atoms with Crippen LogP contribution in [0.3, 0.4) is 0 Å². The van der Waals surface area contributed by atoms with Crippen LogP contribution in [0.15, 0.2) is 10.9 Å². The van der Waals surface area contributed by atoms with Gasteiger partial charge in [-0.3, -0.25) is 4.79 Å². The Bertz CT molecular complexity index is 334. The topological polar surface area (TPSA) is 68.0 Å². The molecular weight excluding hydrogens is 281 g/mol. The fourth-order valence-electron chi connectivity index (χ4n) is 1.95. The Kier molecular flexibility index (Phi) is 7.70. The van der Waals surface area contributed by atoms with Crippen molar-refractivity contribution >= 4 is 42.1 Å². The first-order valence-corrected chi connectivity index (χ1v) is 6.12. The Morgan fingerprint density at radius 1 is 1.53 bits per heavy atom. The van der Waals surface area contributed by atoms with Gasteiger partial charge in [-0.25, -0.2) is 4.98 Å². The zero-order valence-corrected chi connectivity index (χ0v) is 11.7. The molecule has 3 N–H and O–H groups in total. The van der Waals surface area contributed by atoms with E-state index in [9.17, 15) is 4.79 Å². The number of carbonyl (C=O) groups is 1. The Hall–Kier alpha value is -0.360. The number of hydrogen-bond acceptors (Lipinski definition) is 4. The van der Waals surface area contributed by atoms with Crippen LogP contribution in [0.2, 0.25) is 0 Å². The third kappa shape index (κ3) is 4.43. The molecule has 17 heavy (non-hydrogen) atoms. The van der Waals surface area contributed by atoms with Crippen LogP contribution in [0, 0.1) is 5.92 Å². The van der Waals surface area contributed by atoms with Crippen LogP contribution in [0.5, 0.6) is 0 Å². The van der Waals surface area contributed by atoms with E-state index in [1.807, 2.05) is 5.38 Å². The summed E-state index contributed by atoms with van der Waals surface area (Å²) in [6.45, 7) is 0.519. The number of nitrogens with one attached hydrogen (secondary N) is 1. The van der Waals surface area contributed by atoms with Gasteiger partial charge in [0, 0.05) is 11.4 Å². The Morgan fingerprint density at radius 2 is 2.29 bits per heavy atom. The second kappa shape index (κ2) is 7.87. The second-order valence-corrected chi connectivity index (χ2v) is 4.62. The van der Waals surface area contributed by atoms with Crippen molar-refractivity contribution in [1.82, 2.24) is 10.3 Å². The normalized spacial score (nSPS) is 22.4. The van der Waals surface area contributed by atoms with Gasteiger partial charge in [0.2, 0.25) is 5.91 Å². The second-order valence-electron chi connectivity index (χ2n) is 3.90. The Morgan fingerprint density at radius 3 is 2.82 bits per heavy atom. The first-order valence-electron chi connectivity index (χ1n) is 5.17. The number of aromatic nitrogens is 1. The molecule has 2 rings (SSSR count). The summed E-state index contributed by atoms with van der Waals surface area (Å²) in [4.78, 5) is 15.8. The zero-order valence-electron chi connectivity index (χ0n) is 9.30. The molecule has 0 spiro atoms. The predicted octanol–water partition coefficient (Wildman–Crippen LogP) is 1.73. The SMILES string of the molecule is Cl.Cl.NC1CCCC1C(=O)NCc1cscn1. The van der Waals surface area contributed by atoms with Crippen LogP contribution >= 0.6 is 36.2 Å².